The first-order valence-corrected chi connectivity index (χ1v) is 30.3. The van der Waals surface area contributed by atoms with Gasteiger partial charge in [0.1, 0.15) is 13.2 Å². The van der Waals surface area contributed by atoms with E-state index < -0.39 is 6.10 Å². The summed E-state index contributed by atoms with van der Waals surface area (Å²) in [5.74, 6) is 0.907. The number of esters is 3. The Morgan fingerprint density at radius 3 is 0.851 bits per heavy atom. The second-order valence-electron chi connectivity index (χ2n) is 21.7. The third-order valence-corrected chi connectivity index (χ3v) is 14.3. The first kappa shape index (κ1) is 65.4. The molecule has 2 atom stereocenters. The molecule has 0 spiro atoms. The molecule has 0 aliphatic carbocycles. The monoisotopic (exact) mass is 947 g/mol. The van der Waals surface area contributed by atoms with E-state index in [-0.39, 0.29) is 31.1 Å². The molecule has 0 aromatic carbocycles. The fourth-order valence-electron chi connectivity index (χ4n) is 9.37. The zero-order chi connectivity index (χ0) is 48.9. The molecule has 0 amide bonds. The van der Waals surface area contributed by atoms with E-state index in [0.29, 0.717) is 19.3 Å². The largest absolute Gasteiger partial charge is 0.462 e. The highest BCUT2D eigenvalue weighted by molar-refractivity contribution is 5.71. The van der Waals surface area contributed by atoms with Crippen LogP contribution in [0, 0.1) is 11.8 Å². The zero-order valence-electron chi connectivity index (χ0n) is 46.0. The second-order valence-corrected chi connectivity index (χ2v) is 21.7. The molecular formula is C61H118O6. The highest BCUT2D eigenvalue weighted by atomic mass is 16.6. The highest BCUT2D eigenvalue weighted by Crippen LogP contribution is 2.19. The van der Waals surface area contributed by atoms with Crippen molar-refractivity contribution in [2.45, 2.75) is 349 Å². The lowest BCUT2D eigenvalue weighted by molar-refractivity contribution is -0.167. The number of carbonyl (C=O) groups is 3. The van der Waals surface area contributed by atoms with Crippen LogP contribution >= 0.6 is 0 Å². The predicted octanol–water partition coefficient (Wildman–Crippen LogP) is 20.0. The average molecular weight is 948 g/mol. The molecule has 6 nitrogen and oxygen atoms in total. The highest BCUT2D eigenvalue weighted by Gasteiger charge is 2.19. The molecule has 6 heteroatoms. The lowest BCUT2D eigenvalue weighted by Gasteiger charge is -2.18. The summed E-state index contributed by atoms with van der Waals surface area (Å²) in [6.45, 7) is 11.5. The van der Waals surface area contributed by atoms with Gasteiger partial charge in [-0.2, -0.15) is 0 Å². The molecule has 0 saturated heterocycles. The van der Waals surface area contributed by atoms with Crippen LogP contribution in [0.3, 0.4) is 0 Å². The number of hydrogen-bond acceptors (Lipinski definition) is 6. The Morgan fingerprint density at radius 2 is 0.567 bits per heavy atom. The standard InChI is InChI=1S/C61H118O6/c1-6-8-9-10-11-12-13-26-33-38-43-48-53-61(64)67-58(55-66-60(63)52-47-42-37-32-28-23-22-24-29-34-39-44-49-56(3)4)54-65-59(62)51-46-41-36-31-27-21-19-17-15-14-16-18-20-25-30-35-40-45-50-57(5)7-2/h56-58H,6-55H2,1-5H3/t57?,58-/m0/s1. The topological polar surface area (TPSA) is 78.9 Å². The maximum absolute atomic E-state index is 12.8. The molecule has 0 fully saturated rings. The lowest BCUT2D eigenvalue weighted by atomic mass is 9.99. The summed E-state index contributed by atoms with van der Waals surface area (Å²) in [7, 11) is 0. The third-order valence-electron chi connectivity index (χ3n) is 14.3. The van der Waals surface area contributed by atoms with Gasteiger partial charge in [0.05, 0.1) is 0 Å². The van der Waals surface area contributed by atoms with E-state index >= 15 is 0 Å². The van der Waals surface area contributed by atoms with Gasteiger partial charge in [-0.3, -0.25) is 14.4 Å². The summed E-state index contributed by atoms with van der Waals surface area (Å²) in [6, 6.07) is 0. The first-order chi connectivity index (χ1) is 32.8. The Labute approximate surface area is 418 Å². The second kappa shape index (κ2) is 53.8. The minimum absolute atomic E-state index is 0.0623. The fraction of sp³-hybridized carbons (Fsp3) is 0.951. The molecule has 0 rings (SSSR count). The Kier molecular flexibility index (Phi) is 52.5. The van der Waals surface area contributed by atoms with Crippen LogP contribution in [-0.2, 0) is 28.6 Å². The van der Waals surface area contributed by atoms with Crippen LogP contribution in [0.5, 0.6) is 0 Å². The molecule has 0 bridgehead atoms. The molecule has 1 unspecified atom stereocenters. The lowest BCUT2D eigenvalue weighted by Crippen LogP contribution is -2.30. The van der Waals surface area contributed by atoms with E-state index in [4.69, 9.17) is 14.2 Å². The molecular weight excluding hydrogens is 829 g/mol. The van der Waals surface area contributed by atoms with Crippen molar-refractivity contribution in [3.8, 4) is 0 Å². The van der Waals surface area contributed by atoms with Crippen LogP contribution in [0.2, 0.25) is 0 Å². The van der Waals surface area contributed by atoms with Crippen molar-refractivity contribution in [1.29, 1.82) is 0 Å². The third kappa shape index (κ3) is 53.6. The molecule has 0 aromatic rings. The Hall–Kier alpha value is -1.59. The van der Waals surface area contributed by atoms with Crippen LogP contribution in [0.1, 0.15) is 343 Å². The van der Waals surface area contributed by atoms with E-state index in [1.165, 1.54) is 231 Å². The van der Waals surface area contributed by atoms with Crippen LogP contribution in [0.4, 0.5) is 0 Å². The van der Waals surface area contributed by atoms with Crippen molar-refractivity contribution in [1.82, 2.24) is 0 Å². The normalized spacial score (nSPS) is 12.4. The number of rotatable bonds is 55. The van der Waals surface area contributed by atoms with Crippen molar-refractivity contribution >= 4 is 17.9 Å². The number of unbranched alkanes of at least 4 members (excludes halogenated alkanes) is 39. The minimum atomic E-state index is -0.762. The number of carbonyl (C=O) groups excluding carboxylic acids is 3. The molecule has 0 saturated carbocycles. The molecule has 0 radical (unpaired) electrons. The summed E-state index contributed by atoms with van der Waals surface area (Å²) in [6.07, 6.45) is 58.1. The number of ether oxygens (including phenoxy) is 3. The van der Waals surface area contributed by atoms with E-state index in [1.807, 2.05) is 0 Å². The molecule has 398 valence electrons. The summed E-state index contributed by atoms with van der Waals surface area (Å²) < 4.78 is 16.9. The fourth-order valence-corrected chi connectivity index (χ4v) is 9.37. The Morgan fingerprint density at radius 1 is 0.313 bits per heavy atom. The van der Waals surface area contributed by atoms with Crippen LogP contribution in [-0.4, -0.2) is 37.2 Å². The van der Waals surface area contributed by atoms with Gasteiger partial charge in [-0.25, -0.2) is 0 Å². The van der Waals surface area contributed by atoms with Gasteiger partial charge in [0, 0.05) is 19.3 Å². The van der Waals surface area contributed by atoms with Gasteiger partial charge in [-0.1, -0.05) is 304 Å². The molecule has 0 aromatic heterocycles. The molecule has 0 heterocycles. The van der Waals surface area contributed by atoms with Gasteiger partial charge in [0.15, 0.2) is 6.10 Å². The Balaban J connectivity index is 4.21. The van der Waals surface area contributed by atoms with Gasteiger partial charge < -0.3 is 14.2 Å². The predicted molar refractivity (Wildman–Crippen MR) is 289 cm³/mol. The van der Waals surface area contributed by atoms with E-state index in [2.05, 4.69) is 34.6 Å². The van der Waals surface area contributed by atoms with Gasteiger partial charge in [0.25, 0.3) is 0 Å². The summed E-state index contributed by atoms with van der Waals surface area (Å²) >= 11 is 0. The molecule has 0 N–H and O–H groups in total. The quantitative estimate of drug-likeness (QED) is 0.0343. The summed E-state index contributed by atoms with van der Waals surface area (Å²) in [5, 5.41) is 0. The van der Waals surface area contributed by atoms with Crippen LogP contribution in [0.25, 0.3) is 0 Å². The van der Waals surface area contributed by atoms with Gasteiger partial charge >= 0.3 is 17.9 Å². The zero-order valence-corrected chi connectivity index (χ0v) is 46.0. The maximum atomic E-state index is 12.8. The van der Waals surface area contributed by atoms with Gasteiger partial charge in [0.2, 0.25) is 0 Å². The van der Waals surface area contributed by atoms with Crippen molar-refractivity contribution in [3.05, 3.63) is 0 Å². The molecule has 67 heavy (non-hydrogen) atoms. The van der Waals surface area contributed by atoms with E-state index in [1.54, 1.807) is 0 Å². The summed E-state index contributed by atoms with van der Waals surface area (Å²) in [4.78, 5) is 38.2. The SMILES string of the molecule is CCCCCCCCCCCCCCC(=O)O[C@@H](COC(=O)CCCCCCCCCCCCCCCCCCCCC(C)CC)COC(=O)CCCCCCCCCCCCCCC(C)C. The van der Waals surface area contributed by atoms with Crippen molar-refractivity contribution in [2.24, 2.45) is 11.8 Å². The maximum Gasteiger partial charge on any atom is 0.306 e. The van der Waals surface area contributed by atoms with Crippen molar-refractivity contribution in [3.63, 3.8) is 0 Å². The van der Waals surface area contributed by atoms with Crippen LogP contribution in [0.15, 0.2) is 0 Å². The molecule has 0 aliphatic rings. The summed E-state index contributed by atoms with van der Waals surface area (Å²) in [5.41, 5.74) is 0. The smallest absolute Gasteiger partial charge is 0.306 e. The van der Waals surface area contributed by atoms with E-state index in [0.717, 1.165) is 69.6 Å². The van der Waals surface area contributed by atoms with Gasteiger partial charge in [-0.05, 0) is 31.1 Å². The average Bonchev–Trinajstić information content (AvgIpc) is 3.31. The van der Waals surface area contributed by atoms with E-state index in [9.17, 15) is 14.4 Å². The minimum Gasteiger partial charge on any atom is -0.462 e. The number of hydrogen-bond donors (Lipinski definition) is 0. The first-order valence-electron chi connectivity index (χ1n) is 30.3. The Bertz CT molecular complexity index is 1030. The van der Waals surface area contributed by atoms with Crippen molar-refractivity contribution < 1.29 is 28.6 Å². The molecule has 0 aliphatic heterocycles. The van der Waals surface area contributed by atoms with Crippen molar-refractivity contribution in [2.75, 3.05) is 13.2 Å². The van der Waals surface area contributed by atoms with Crippen LogP contribution < -0.4 is 0 Å². The van der Waals surface area contributed by atoms with Gasteiger partial charge in [-0.15, -0.1) is 0 Å².